The smallest absolute Gasteiger partial charge is 0.148 e. The third kappa shape index (κ3) is 5.33. The Bertz CT molecular complexity index is 586. The molecule has 1 heterocycles. The average molecular weight is 389 g/mol. The third-order valence-electron chi connectivity index (χ3n) is 2.92. The molecule has 0 aliphatic carbocycles. The van der Waals surface area contributed by atoms with Crippen LogP contribution in [0.3, 0.4) is 0 Å². The first-order chi connectivity index (χ1) is 10.1. The molecule has 0 fully saturated rings. The maximum atomic E-state index is 6.04. The minimum absolute atomic E-state index is 0.693. The van der Waals surface area contributed by atoms with Crippen molar-refractivity contribution in [1.82, 2.24) is 15.5 Å². The Morgan fingerprint density at radius 2 is 2.14 bits per heavy atom. The lowest BCUT2D eigenvalue weighted by Crippen LogP contribution is -2.21. The highest BCUT2D eigenvalue weighted by Gasteiger charge is 2.10. The molecular weight excluding hydrogens is 370 g/mol. The van der Waals surface area contributed by atoms with Crippen molar-refractivity contribution in [2.45, 2.75) is 26.7 Å². The van der Waals surface area contributed by atoms with E-state index in [-0.39, 0.29) is 0 Å². The number of rotatable bonds is 7. The monoisotopic (exact) mass is 387 g/mol. The first-order valence-electron chi connectivity index (χ1n) is 7.05. The van der Waals surface area contributed by atoms with Crippen LogP contribution in [0.1, 0.15) is 25.3 Å². The highest BCUT2D eigenvalue weighted by molar-refractivity contribution is 9.10. The number of hydrogen-bond donors (Lipinski definition) is 1. The van der Waals surface area contributed by atoms with Crippen molar-refractivity contribution >= 4 is 38.9 Å². The van der Waals surface area contributed by atoms with Crippen LogP contribution in [0.5, 0.6) is 0 Å². The van der Waals surface area contributed by atoms with Crippen LogP contribution in [0.2, 0.25) is 5.02 Å². The summed E-state index contributed by atoms with van der Waals surface area (Å²) in [5, 5.41) is 14.7. The molecule has 114 valence electrons. The fraction of sp³-hybridized carbons (Fsp3) is 0.467. The zero-order chi connectivity index (χ0) is 15.2. The summed E-state index contributed by atoms with van der Waals surface area (Å²) >= 11 is 11.2. The Balaban J connectivity index is 1.91. The summed E-state index contributed by atoms with van der Waals surface area (Å²) in [6.07, 6.45) is 2.04. The molecule has 0 atom stereocenters. The van der Waals surface area contributed by atoms with Crippen molar-refractivity contribution in [2.24, 2.45) is 5.92 Å². The van der Waals surface area contributed by atoms with Crippen LogP contribution in [0.25, 0.3) is 10.6 Å². The zero-order valence-corrected chi connectivity index (χ0v) is 15.4. The maximum Gasteiger partial charge on any atom is 0.148 e. The van der Waals surface area contributed by atoms with E-state index in [1.54, 1.807) is 11.3 Å². The number of nitrogens with zero attached hydrogens (tertiary/aromatic N) is 2. The van der Waals surface area contributed by atoms with Crippen LogP contribution in [0.15, 0.2) is 22.7 Å². The summed E-state index contributed by atoms with van der Waals surface area (Å²) in [6, 6.07) is 5.71. The molecule has 0 spiro atoms. The van der Waals surface area contributed by atoms with Crippen molar-refractivity contribution in [3.05, 3.63) is 32.7 Å². The molecule has 0 unspecified atom stereocenters. The van der Waals surface area contributed by atoms with Crippen LogP contribution < -0.4 is 5.32 Å². The second kappa shape index (κ2) is 8.22. The molecule has 0 saturated heterocycles. The van der Waals surface area contributed by atoms with Crippen LogP contribution in [0, 0.1) is 5.92 Å². The molecule has 0 saturated carbocycles. The summed E-state index contributed by atoms with van der Waals surface area (Å²) in [7, 11) is 0. The quantitative estimate of drug-likeness (QED) is 0.692. The molecule has 2 rings (SSSR count). The second-order valence-electron chi connectivity index (χ2n) is 5.33. The molecule has 21 heavy (non-hydrogen) atoms. The van der Waals surface area contributed by atoms with Crippen molar-refractivity contribution < 1.29 is 0 Å². The van der Waals surface area contributed by atoms with Crippen LogP contribution in [-0.4, -0.2) is 23.3 Å². The predicted octanol–water partition coefficient (Wildman–Crippen LogP) is 4.80. The molecule has 0 amide bonds. The molecule has 0 radical (unpaired) electrons. The van der Waals surface area contributed by atoms with Crippen LogP contribution >= 0.6 is 38.9 Å². The first-order valence-corrected chi connectivity index (χ1v) is 9.03. The average Bonchev–Trinajstić information content (AvgIpc) is 2.89. The number of nitrogens with one attached hydrogen (secondary N) is 1. The van der Waals surface area contributed by atoms with Crippen molar-refractivity contribution in [3.63, 3.8) is 0 Å². The Morgan fingerprint density at radius 1 is 1.33 bits per heavy atom. The largest absolute Gasteiger partial charge is 0.316 e. The number of halogens is 2. The Labute approximate surface area is 143 Å². The Kier molecular flexibility index (Phi) is 6.61. The lowest BCUT2D eigenvalue weighted by atomic mass is 10.2. The van der Waals surface area contributed by atoms with Crippen LogP contribution in [-0.2, 0) is 6.42 Å². The molecule has 0 bridgehead atoms. The highest BCUT2D eigenvalue weighted by Crippen LogP contribution is 2.32. The van der Waals surface area contributed by atoms with Gasteiger partial charge in [-0.3, -0.25) is 0 Å². The fourth-order valence-corrected chi connectivity index (χ4v) is 3.53. The van der Waals surface area contributed by atoms with E-state index in [0.717, 1.165) is 46.0 Å². The van der Waals surface area contributed by atoms with E-state index in [2.05, 4.69) is 45.3 Å². The highest BCUT2D eigenvalue weighted by atomic mass is 79.9. The molecule has 1 aromatic heterocycles. The lowest BCUT2D eigenvalue weighted by molar-refractivity contribution is 0.542. The summed E-state index contributed by atoms with van der Waals surface area (Å²) in [5.41, 5.74) is 1.00. The van der Waals surface area contributed by atoms with Gasteiger partial charge in [-0.05, 0) is 43.6 Å². The van der Waals surface area contributed by atoms with E-state index in [0.29, 0.717) is 10.9 Å². The van der Waals surface area contributed by atoms with Gasteiger partial charge in [-0.1, -0.05) is 52.7 Å². The number of benzene rings is 1. The van der Waals surface area contributed by atoms with Gasteiger partial charge in [-0.15, -0.1) is 10.2 Å². The van der Waals surface area contributed by atoms with Gasteiger partial charge in [0.2, 0.25) is 0 Å². The fourth-order valence-electron chi connectivity index (χ4n) is 1.88. The molecule has 0 aliphatic heterocycles. The summed E-state index contributed by atoms with van der Waals surface area (Å²) < 4.78 is 0.994. The minimum Gasteiger partial charge on any atom is -0.316 e. The second-order valence-corrected chi connectivity index (χ2v) is 7.68. The molecular formula is C15H19BrClN3S. The van der Waals surface area contributed by atoms with Gasteiger partial charge < -0.3 is 5.32 Å². The topological polar surface area (TPSA) is 37.8 Å². The van der Waals surface area contributed by atoms with Crippen molar-refractivity contribution in [2.75, 3.05) is 13.1 Å². The van der Waals surface area contributed by atoms with Gasteiger partial charge in [-0.2, -0.15) is 0 Å². The van der Waals surface area contributed by atoms with E-state index in [1.165, 1.54) is 0 Å². The molecule has 0 aliphatic rings. The van der Waals surface area contributed by atoms with E-state index < -0.39 is 0 Å². The Morgan fingerprint density at radius 3 is 2.90 bits per heavy atom. The van der Waals surface area contributed by atoms with E-state index >= 15 is 0 Å². The molecule has 1 N–H and O–H groups in total. The van der Waals surface area contributed by atoms with Gasteiger partial charge in [0.15, 0.2) is 0 Å². The van der Waals surface area contributed by atoms with E-state index in [1.807, 2.05) is 18.2 Å². The normalized spacial score (nSPS) is 11.3. The standard InChI is InChI=1S/C15H19BrClN3S/c1-10(2)9-18-7-3-4-14-19-20-15(21-14)12-8-11(17)5-6-13(12)16/h5-6,8,10,18H,3-4,7,9H2,1-2H3. The van der Waals surface area contributed by atoms with Gasteiger partial charge >= 0.3 is 0 Å². The minimum atomic E-state index is 0.693. The summed E-state index contributed by atoms with van der Waals surface area (Å²) in [4.78, 5) is 0. The van der Waals surface area contributed by atoms with Gasteiger partial charge in [0.05, 0.1) is 0 Å². The molecule has 2 aromatic rings. The van der Waals surface area contributed by atoms with E-state index in [4.69, 9.17) is 11.6 Å². The number of aryl methyl sites for hydroxylation is 1. The SMILES string of the molecule is CC(C)CNCCCc1nnc(-c2cc(Cl)ccc2Br)s1. The third-order valence-corrected chi connectivity index (χ3v) is 4.87. The maximum absolute atomic E-state index is 6.04. The van der Waals surface area contributed by atoms with Gasteiger partial charge in [0, 0.05) is 21.5 Å². The number of aromatic nitrogens is 2. The predicted molar refractivity (Wildman–Crippen MR) is 94.1 cm³/mol. The molecule has 6 heteroatoms. The zero-order valence-electron chi connectivity index (χ0n) is 12.2. The summed E-state index contributed by atoms with van der Waals surface area (Å²) in [5.74, 6) is 0.693. The van der Waals surface area contributed by atoms with Gasteiger partial charge in [0.25, 0.3) is 0 Å². The lowest BCUT2D eigenvalue weighted by Gasteiger charge is -2.05. The molecule has 3 nitrogen and oxygen atoms in total. The van der Waals surface area contributed by atoms with E-state index in [9.17, 15) is 0 Å². The van der Waals surface area contributed by atoms with Crippen LogP contribution in [0.4, 0.5) is 0 Å². The van der Waals surface area contributed by atoms with Crippen molar-refractivity contribution in [3.8, 4) is 10.6 Å². The van der Waals surface area contributed by atoms with Crippen molar-refractivity contribution in [1.29, 1.82) is 0 Å². The molecule has 1 aromatic carbocycles. The first kappa shape index (κ1) is 16.9. The number of hydrogen-bond acceptors (Lipinski definition) is 4. The summed E-state index contributed by atoms with van der Waals surface area (Å²) in [6.45, 7) is 6.52. The van der Waals surface area contributed by atoms with Gasteiger partial charge in [-0.25, -0.2) is 0 Å². The van der Waals surface area contributed by atoms with Gasteiger partial charge in [0.1, 0.15) is 10.0 Å². The Hall–Kier alpha value is -0.490.